The van der Waals surface area contributed by atoms with E-state index in [0.717, 1.165) is 37.1 Å². The van der Waals surface area contributed by atoms with Crippen LogP contribution in [0.15, 0.2) is 60.7 Å². The van der Waals surface area contributed by atoms with E-state index in [1.807, 2.05) is 60.7 Å². The second kappa shape index (κ2) is 11.1. The number of hydrogen-bond donors (Lipinski definition) is 1. The maximum atomic E-state index is 13.0. The van der Waals surface area contributed by atoms with Crippen molar-refractivity contribution in [2.45, 2.75) is 44.6 Å². The maximum absolute atomic E-state index is 13.0. The van der Waals surface area contributed by atoms with Gasteiger partial charge in [0.05, 0.1) is 19.6 Å². The van der Waals surface area contributed by atoms with Crippen molar-refractivity contribution in [2.24, 2.45) is 0 Å². The number of esters is 1. The number of likely N-dealkylation sites (tertiary alicyclic amines) is 1. The fraction of sp³-hybridized carbons (Fsp3) is 0.435. The van der Waals surface area contributed by atoms with Crippen molar-refractivity contribution in [3.63, 3.8) is 0 Å². The van der Waals surface area contributed by atoms with Crippen LogP contribution < -0.4 is 17.3 Å². The zero-order valence-electron chi connectivity index (χ0n) is 16.1. The number of benzene rings is 2. The molecule has 27 heavy (non-hydrogen) atoms. The Morgan fingerprint density at radius 3 is 2.00 bits per heavy atom. The lowest BCUT2D eigenvalue weighted by Gasteiger charge is -2.30. The number of quaternary nitrogens is 1. The van der Waals surface area contributed by atoms with Gasteiger partial charge in [-0.1, -0.05) is 74.0 Å². The predicted molar refractivity (Wildman–Crippen MR) is 104 cm³/mol. The Bertz CT molecular complexity index is 630. The third kappa shape index (κ3) is 6.08. The van der Waals surface area contributed by atoms with E-state index in [1.165, 1.54) is 19.4 Å². The van der Waals surface area contributed by atoms with E-state index in [2.05, 4.69) is 6.92 Å². The summed E-state index contributed by atoms with van der Waals surface area (Å²) >= 11 is 0. The minimum Gasteiger partial charge on any atom is -1.00 e. The molecule has 146 valence electrons. The van der Waals surface area contributed by atoms with Gasteiger partial charge in [-0.2, -0.15) is 0 Å². The normalized spacial score (nSPS) is 19.3. The van der Waals surface area contributed by atoms with Crippen molar-refractivity contribution in [3.05, 3.63) is 71.8 Å². The highest BCUT2D eigenvalue weighted by molar-refractivity contribution is 5.82. The first-order chi connectivity index (χ1) is 12.8. The zero-order valence-corrected chi connectivity index (χ0v) is 16.8. The van der Waals surface area contributed by atoms with Gasteiger partial charge in [-0.3, -0.25) is 4.79 Å². The van der Waals surface area contributed by atoms with Gasteiger partial charge in [-0.15, -0.1) is 0 Å². The first kappa shape index (κ1) is 21.5. The van der Waals surface area contributed by atoms with Crippen molar-refractivity contribution >= 4 is 5.97 Å². The molecule has 0 radical (unpaired) electrons. The lowest BCUT2D eigenvalue weighted by Crippen LogP contribution is -3.13. The van der Waals surface area contributed by atoms with Gasteiger partial charge in [-0.25, -0.2) is 0 Å². The number of nitrogens with one attached hydrogen (secondary N) is 1. The summed E-state index contributed by atoms with van der Waals surface area (Å²) in [5, 5.41) is 0. The first-order valence-corrected chi connectivity index (χ1v) is 9.92. The van der Waals surface area contributed by atoms with E-state index in [4.69, 9.17) is 4.74 Å². The summed E-state index contributed by atoms with van der Waals surface area (Å²) in [6.07, 6.45) is 4.53. The van der Waals surface area contributed by atoms with E-state index in [-0.39, 0.29) is 30.4 Å². The molecule has 0 atom stereocenters. The van der Waals surface area contributed by atoms with Crippen LogP contribution in [-0.2, 0) is 9.53 Å². The fourth-order valence-electron chi connectivity index (χ4n) is 3.78. The molecule has 2 aromatic rings. The molecule has 1 fully saturated rings. The number of unbranched alkanes of at least 4 members (excludes halogenated alkanes) is 1. The highest BCUT2D eigenvalue weighted by Gasteiger charge is 2.29. The van der Waals surface area contributed by atoms with Crippen LogP contribution in [0.3, 0.4) is 0 Å². The Morgan fingerprint density at radius 2 is 1.52 bits per heavy atom. The molecule has 0 saturated carbocycles. The van der Waals surface area contributed by atoms with Gasteiger partial charge in [0.2, 0.25) is 0 Å². The molecule has 0 unspecified atom stereocenters. The topological polar surface area (TPSA) is 30.7 Å². The molecule has 1 heterocycles. The molecule has 3 rings (SSSR count). The van der Waals surface area contributed by atoms with Crippen molar-refractivity contribution in [1.29, 1.82) is 0 Å². The molecular formula is C23H30ClNO2. The van der Waals surface area contributed by atoms with Gasteiger partial charge >= 0.3 is 5.97 Å². The third-order valence-electron chi connectivity index (χ3n) is 5.31. The average Bonchev–Trinajstić information content (AvgIpc) is 2.69. The van der Waals surface area contributed by atoms with Crippen LogP contribution in [0.5, 0.6) is 0 Å². The highest BCUT2D eigenvalue weighted by Crippen LogP contribution is 2.27. The Hall–Kier alpha value is -1.84. The van der Waals surface area contributed by atoms with Crippen molar-refractivity contribution in [3.8, 4) is 0 Å². The smallest absolute Gasteiger partial charge is 0.318 e. The largest absolute Gasteiger partial charge is 1.00 e. The van der Waals surface area contributed by atoms with E-state index in [9.17, 15) is 4.79 Å². The molecule has 1 N–H and O–H groups in total. The van der Waals surface area contributed by atoms with Crippen molar-refractivity contribution in [2.75, 3.05) is 19.6 Å². The second-order valence-electron chi connectivity index (χ2n) is 7.24. The summed E-state index contributed by atoms with van der Waals surface area (Å²) in [5.74, 6) is -0.465. The Kier molecular flexibility index (Phi) is 8.83. The molecule has 0 spiro atoms. The Labute approximate surface area is 169 Å². The van der Waals surface area contributed by atoms with Crippen LogP contribution >= 0.6 is 0 Å². The van der Waals surface area contributed by atoms with Gasteiger partial charge in [0.15, 0.2) is 0 Å². The molecule has 1 aliphatic heterocycles. The number of piperidine rings is 1. The molecule has 2 aromatic carbocycles. The highest BCUT2D eigenvalue weighted by atomic mass is 35.5. The molecule has 3 nitrogen and oxygen atoms in total. The summed E-state index contributed by atoms with van der Waals surface area (Å²) in [7, 11) is 0. The van der Waals surface area contributed by atoms with Gasteiger partial charge < -0.3 is 22.0 Å². The summed E-state index contributed by atoms with van der Waals surface area (Å²) in [5.41, 5.74) is 1.99. The van der Waals surface area contributed by atoms with Crippen LogP contribution in [0.1, 0.15) is 49.7 Å². The Morgan fingerprint density at radius 1 is 1.00 bits per heavy atom. The van der Waals surface area contributed by atoms with Crippen LogP contribution in [0, 0.1) is 0 Å². The summed E-state index contributed by atoms with van der Waals surface area (Å²) < 4.78 is 5.96. The van der Waals surface area contributed by atoms with Gasteiger partial charge in [0.25, 0.3) is 0 Å². The number of carbonyl (C=O) groups excluding carboxylic acids is 1. The molecule has 4 heteroatoms. The standard InChI is InChI=1S/C23H29NO2.ClH/c1-2-3-16-24-17-14-21(15-18-24)26-23(25)22(19-10-6-4-7-11-19)20-12-8-5-9-13-20;/h4-13,21-22H,2-3,14-18H2,1H3;1H. The number of carbonyl (C=O) groups is 1. The molecule has 1 saturated heterocycles. The van der Waals surface area contributed by atoms with Gasteiger partial charge in [-0.05, 0) is 17.5 Å². The van der Waals surface area contributed by atoms with Crippen LogP contribution in [0.2, 0.25) is 0 Å². The van der Waals surface area contributed by atoms with Crippen molar-refractivity contribution < 1.29 is 26.8 Å². The lowest BCUT2D eigenvalue weighted by molar-refractivity contribution is -0.906. The monoisotopic (exact) mass is 387 g/mol. The summed E-state index contributed by atoms with van der Waals surface area (Å²) in [6.45, 7) is 5.70. The number of ether oxygens (including phenoxy) is 1. The van der Waals surface area contributed by atoms with Gasteiger partial charge in [0, 0.05) is 12.8 Å². The Balaban J connectivity index is 0.00000261. The van der Waals surface area contributed by atoms with Crippen LogP contribution in [0.25, 0.3) is 0 Å². The van der Waals surface area contributed by atoms with E-state index in [1.54, 1.807) is 4.90 Å². The quantitative estimate of drug-likeness (QED) is 0.689. The fourth-order valence-corrected chi connectivity index (χ4v) is 3.78. The lowest BCUT2D eigenvalue weighted by atomic mass is 9.91. The zero-order chi connectivity index (χ0) is 18.2. The third-order valence-corrected chi connectivity index (χ3v) is 5.31. The number of halogens is 1. The average molecular weight is 388 g/mol. The SMILES string of the molecule is CCCC[NH+]1CCC(OC(=O)C(c2ccccc2)c2ccccc2)CC1.[Cl-]. The number of hydrogen-bond acceptors (Lipinski definition) is 2. The molecule has 0 amide bonds. The predicted octanol–water partition coefficient (Wildman–Crippen LogP) is 0.213. The maximum Gasteiger partial charge on any atom is 0.318 e. The summed E-state index contributed by atoms with van der Waals surface area (Å²) in [4.78, 5) is 14.7. The molecule has 0 bridgehead atoms. The van der Waals surface area contributed by atoms with E-state index in [0.29, 0.717) is 0 Å². The molecule has 0 aromatic heterocycles. The summed E-state index contributed by atoms with van der Waals surface area (Å²) in [6, 6.07) is 19.9. The van der Waals surface area contributed by atoms with Crippen LogP contribution in [0.4, 0.5) is 0 Å². The first-order valence-electron chi connectivity index (χ1n) is 9.92. The van der Waals surface area contributed by atoms with Crippen molar-refractivity contribution in [1.82, 2.24) is 0 Å². The molecule has 0 aliphatic carbocycles. The minimum atomic E-state index is -0.345. The number of rotatable bonds is 7. The van der Waals surface area contributed by atoms with E-state index < -0.39 is 0 Å². The van der Waals surface area contributed by atoms with E-state index >= 15 is 0 Å². The minimum absolute atomic E-state index is 0. The van der Waals surface area contributed by atoms with Gasteiger partial charge in [0.1, 0.15) is 12.0 Å². The molecular weight excluding hydrogens is 358 g/mol. The molecule has 1 aliphatic rings. The second-order valence-corrected chi connectivity index (χ2v) is 7.24. The van der Waals surface area contributed by atoms with Crippen LogP contribution in [-0.4, -0.2) is 31.7 Å².